The lowest BCUT2D eigenvalue weighted by Crippen LogP contribution is -2.61. The van der Waals surface area contributed by atoms with Gasteiger partial charge in [-0.3, -0.25) is 9.59 Å². The number of hydrogen-bond donors (Lipinski definition) is 3. The third-order valence-corrected chi connectivity index (χ3v) is 6.75. The van der Waals surface area contributed by atoms with Crippen molar-refractivity contribution in [2.24, 2.45) is 5.92 Å². The van der Waals surface area contributed by atoms with Gasteiger partial charge in [0.2, 0.25) is 0 Å². The number of carbonyl (C=O) groups is 2. The average molecular weight is 466 g/mol. The van der Waals surface area contributed by atoms with Gasteiger partial charge in [0.05, 0.1) is 17.2 Å². The maximum Gasteiger partial charge on any atom is 0.304 e. The second-order valence-electron chi connectivity index (χ2n) is 7.07. The molecule has 1 aromatic rings. The smallest absolute Gasteiger partial charge is 0.304 e. The van der Waals surface area contributed by atoms with E-state index in [1.165, 1.54) is 0 Å². The van der Waals surface area contributed by atoms with E-state index in [4.69, 9.17) is 26.2 Å². The van der Waals surface area contributed by atoms with Crippen molar-refractivity contribution in [3.8, 4) is 5.75 Å². The van der Waals surface area contributed by atoms with Crippen LogP contribution in [0.3, 0.4) is 0 Å². The summed E-state index contributed by atoms with van der Waals surface area (Å²) >= 11 is 6.10. The van der Waals surface area contributed by atoms with Gasteiger partial charge in [0, 0.05) is 25.2 Å². The summed E-state index contributed by atoms with van der Waals surface area (Å²) in [5.74, 6) is -1.37. The van der Waals surface area contributed by atoms with Crippen LogP contribution in [-0.2, 0) is 15.0 Å². The van der Waals surface area contributed by atoms with Gasteiger partial charge < -0.3 is 15.2 Å². The molecule has 0 unspecified atom stereocenters. The standard InChI is InChI=1S/C17H23ClFN3O4S.CH2O2/c1-20-12-8-22(9-12)27(24,25)21-17(23)13-6-14(18)16(7-15(13)19)26-10-11-4-2-3-5-11;2-1-3/h6-7,11-12,20H,2-5,8-10H2,1H3,(H,21,23);1H,(H,2,3). The quantitative estimate of drug-likeness (QED) is 0.522. The van der Waals surface area contributed by atoms with Crippen LogP contribution in [0.15, 0.2) is 12.1 Å². The molecule has 2 aliphatic rings. The van der Waals surface area contributed by atoms with Gasteiger partial charge >= 0.3 is 10.2 Å². The number of rotatable bonds is 7. The topological polar surface area (TPSA) is 125 Å². The zero-order valence-corrected chi connectivity index (χ0v) is 18.0. The Kier molecular flexibility index (Phi) is 8.83. The van der Waals surface area contributed by atoms with Gasteiger partial charge in [-0.25, -0.2) is 9.11 Å². The number of nitrogens with one attached hydrogen (secondary N) is 2. The Bertz CT molecular complexity index is 858. The van der Waals surface area contributed by atoms with Crippen LogP contribution in [0.25, 0.3) is 0 Å². The van der Waals surface area contributed by atoms with E-state index in [2.05, 4.69) is 5.32 Å². The van der Waals surface area contributed by atoms with Crippen molar-refractivity contribution in [3.05, 3.63) is 28.5 Å². The summed E-state index contributed by atoms with van der Waals surface area (Å²) in [4.78, 5) is 20.6. The fourth-order valence-corrected chi connectivity index (χ4v) is 4.70. The van der Waals surface area contributed by atoms with Gasteiger partial charge in [0.1, 0.15) is 11.6 Å². The number of benzene rings is 1. The maximum absolute atomic E-state index is 14.4. The van der Waals surface area contributed by atoms with Gasteiger partial charge in [-0.2, -0.15) is 12.7 Å². The van der Waals surface area contributed by atoms with Gasteiger partial charge in [-0.05, 0) is 31.9 Å². The van der Waals surface area contributed by atoms with E-state index >= 15 is 0 Å². The Morgan fingerprint density at radius 1 is 1.37 bits per heavy atom. The molecule has 0 spiro atoms. The van der Waals surface area contributed by atoms with Crippen LogP contribution in [0.5, 0.6) is 5.75 Å². The fourth-order valence-electron chi connectivity index (χ4n) is 3.25. The Labute approximate surface area is 179 Å². The molecule has 1 saturated heterocycles. The first-order chi connectivity index (χ1) is 14.2. The number of hydrogen-bond acceptors (Lipinski definition) is 6. The molecule has 0 aromatic heterocycles. The second-order valence-corrected chi connectivity index (χ2v) is 9.15. The molecule has 3 N–H and O–H groups in total. The molecule has 0 atom stereocenters. The fraction of sp³-hybridized carbons (Fsp3) is 0.556. The molecular formula is C18H25ClFN3O6S. The van der Waals surface area contributed by atoms with Gasteiger partial charge in [0.15, 0.2) is 0 Å². The highest BCUT2D eigenvalue weighted by molar-refractivity contribution is 7.87. The molecule has 2 fully saturated rings. The van der Waals surface area contributed by atoms with Crippen LogP contribution in [0.1, 0.15) is 36.0 Å². The van der Waals surface area contributed by atoms with Crippen LogP contribution in [0.2, 0.25) is 5.02 Å². The van der Waals surface area contributed by atoms with E-state index in [-0.39, 0.29) is 36.4 Å². The maximum atomic E-state index is 14.4. The third-order valence-electron chi connectivity index (χ3n) is 5.03. The largest absolute Gasteiger partial charge is 0.492 e. The number of carboxylic acid groups (broad SMARTS) is 1. The Morgan fingerprint density at radius 2 is 1.97 bits per heavy atom. The third kappa shape index (κ3) is 6.27. The molecule has 9 nitrogen and oxygen atoms in total. The van der Waals surface area contributed by atoms with Crippen molar-refractivity contribution in [3.63, 3.8) is 0 Å². The normalized spacial score (nSPS) is 17.6. The van der Waals surface area contributed by atoms with E-state index in [0.717, 1.165) is 42.1 Å². The van der Waals surface area contributed by atoms with Gasteiger partial charge in [0.25, 0.3) is 12.4 Å². The van der Waals surface area contributed by atoms with E-state index in [9.17, 15) is 17.6 Å². The lowest BCUT2D eigenvalue weighted by molar-refractivity contribution is -0.122. The minimum atomic E-state index is -4.02. The summed E-state index contributed by atoms with van der Waals surface area (Å²) in [5.41, 5.74) is -0.442. The molecule has 0 radical (unpaired) electrons. The number of nitrogens with zero attached hydrogens (tertiary/aromatic N) is 1. The highest BCUT2D eigenvalue weighted by Crippen LogP contribution is 2.31. The minimum Gasteiger partial charge on any atom is -0.492 e. The monoisotopic (exact) mass is 465 g/mol. The lowest BCUT2D eigenvalue weighted by atomic mass is 10.1. The molecule has 1 saturated carbocycles. The number of ether oxygens (including phenoxy) is 1. The van der Waals surface area contributed by atoms with Crippen molar-refractivity contribution in [2.75, 3.05) is 26.7 Å². The number of likely N-dealkylation sites (N-methyl/N-ethyl adjacent to an activating group) is 1. The Morgan fingerprint density at radius 3 is 2.53 bits per heavy atom. The van der Waals surface area contributed by atoms with Crippen LogP contribution in [0.4, 0.5) is 4.39 Å². The number of amides is 1. The molecule has 1 aromatic carbocycles. The molecule has 3 rings (SSSR count). The predicted molar refractivity (Wildman–Crippen MR) is 108 cm³/mol. The first-order valence-corrected chi connectivity index (χ1v) is 11.2. The molecule has 168 valence electrons. The van der Waals surface area contributed by atoms with Crippen molar-refractivity contribution < 1.29 is 32.2 Å². The SMILES string of the molecule is CNC1CN(S(=O)(=O)NC(=O)c2cc(Cl)c(OCC3CCCC3)cc2F)C1.O=CO. The zero-order chi connectivity index (χ0) is 22.3. The first kappa shape index (κ1) is 24.3. The van der Waals surface area contributed by atoms with Crippen LogP contribution in [0, 0.1) is 11.7 Å². The van der Waals surface area contributed by atoms with E-state index < -0.39 is 27.5 Å². The summed E-state index contributed by atoms with van der Waals surface area (Å²) in [6.45, 7) is 0.688. The van der Waals surface area contributed by atoms with E-state index in [1.807, 2.05) is 4.72 Å². The summed E-state index contributed by atoms with van der Waals surface area (Å²) in [7, 11) is -2.30. The highest BCUT2D eigenvalue weighted by Gasteiger charge is 2.36. The molecule has 12 heteroatoms. The van der Waals surface area contributed by atoms with Crippen molar-refractivity contribution in [2.45, 2.75) is 31.7 Å². The lowest BCUT2D eigenvalue weighted by Gasteiger charge is -2.37. The summed E-state index contributed by atoms with van der Waals surface area (Å²) in [5, 5.41) is 9.89. The number of halogens is 2. The Hall–Kier alpha value is -1.95. The van der Waals surface area contributed by atoms with E-state index in [1.54, 1.807) is 7.05 Å². The molecule has 1 aliphatic carbocycles. The van der Waals surface area contributed by atoms with Crippen LogP contribution in [-0.4, -0.2) is 63.0 Å². The second kappa shape index (κ2) is 10.9. The summed E-state index contributed by atoms with van der Waals surface area (Å²) < 4.78 is 47.2. The first-order valence-electron chi connectivity index (χ1n) is 9.41. The zero-order valence-electron chi connectivity index (χ0n) is 16.4. The van der Waals surface area contributed by atoms with Crippen LogP contribution < -0.4 is 14.8 Å². The van der Waals surface area contributed by atoms with Crippen LogP contribution >= 0.6 is 11.6 Å². The molecule has 0 bridgehead atoms. The van der Waals surface area contributed by atoms with Crippen molar-refractivity contribution in [1.82, 2.24) is 14.3 Å². The summed E-state index contributed by atoms with van der Waals surface area (Å²) in [6, 6.07) is 2.16. The Balaban J connectivity index is 0.00000101. The van der Waals surface area contributed by atoms with Gasteiger partial charge in [-0.15, -0.1) is 0 Å². The molecule has 1 aliphatic heterocycles. The molecule has 1 amide bonds. The molecule has 1 heterocycles. The van der Waals surface area contributed by atoms with Crippen molar-refractivity contribution >= 4 is 34.2 Å². The molecule has 30 heavy (non-hydrogen) atoms. The van der Waals surface area contributed by atoms with Gasteiger partial charge in [-0.1, -0.05) is 24.4 Å². The predicted octanol–water partition coefficient (Wildman–Crippen LogP) is 1.63. The van der Waals surface area contributed by atoms with E-state index in [0.29, 0.717) is 12.5 Å². The average Bonchev–Trinajstić information content (AvgIpc) is 3.14. The van der Waals surface area contributed by atoms with Crippen molar-refractivity contribution in [1.29, 1.82) is 0 Å². The highest BCUT2D eigenvalue weighted by atomic mass is 35.5. The number of carbonyl (C=O) groups excluding carboxylic acids is 1. The summed E-state index contributed by atoms with van der Waals surface area (Å²) in [6.07, 6.45) is 4.47. The minimum absolute atomic E-state index is 0.0409. The molecular weight excluding hydrogens is 441 g/mol.